The molecule has 0 unspecified atom stereocenters. The fourth-order valence-electron chi connectivity index (χ4n) is 2.30. The van der Waals surface area contributed by atoms with E-state index in [1.54, 1.807) is 0 Å². The molecule has 0 aliphatic heterocycles. The minimum absolute atomic E-state index is 0.129. The van der Waals surface area contributed by atoms with Gasteiger partial charge < -0.3 is 5.32 Å². The maximum absolute atomic E-state index is 11.7. The number of anilines is 1. The van der Waals surface area contributed by atoms with E-state index in [9.17, 15) is 4.79 Å². The second kappa shape index (κ2) is 7.47. The summed E-state index contributed by atoms with van der Waals surface area (Å²) in [5.41, 5.74) is 0.894. The number of rotatable bonds is 5. The quantitative estimate of drug-likeness (QED) is 0.867. The molecule has 0 saturated heterocycles. The third-order valence-corrected chi connectivity index (χ3v) is 4.68. The highest BCUT2D eigenvalue weighted by Gasteiger charge is 2.13. The molecule has 1 aliphatic rings. The molecule has 1 fully saturated rings. The second-order valence-corrected chi connectivity index (χ2v) is 6.20. The predicted molar refractivity (Wildman–Crippen MR) is 79.0 cm³/mol. The number of thioether (sulfide) groups is 1. The van der Waals surface area contributed by atoms with E-state index in [4.69, 9.17) is 0 Å². The van der Waals surface area contributed by atoms with Gasteiger partial charge >= 0.3 is 0 Å². The highest BCUT2D eigenvalue weighted by atomic mass is 32.2. The van der Waals surface area contributed by atoms with Crippen LogP contribution in [0.15, 0.2) is 30.3 Å². The molecule has 0 bridgehead atoms. The van der Waals surface area contributed by atoms with E-state index in [2.05, 4.69) is 5.32 Å². The SMILES string of the molecule is O=C(CCSC1CCCCC1)Nc1ccccc1. The molecule has 1 aliphatic carbocycles. The molecule has 2 nitrogen and oxygen atoms in total. The van der Waals surface area contributed by atoms with Crippen LogP contribution in [0.3, 0.4) is 0 Å². The Morgan fingerprint density at radius 1 is 1.17 bits per heavy atom. The average molecular weight is 263 g/mol. The summed E-state index contributed by atoms with van der Waals surface area (Å²) < 4.78 is 0. The summed E-state index contributed by atoms with van der Waals surface area (Å²) in [7, 11) is 0. The van der Waals surface area contributed by atoms with Gasteiger partial charge in [-0.15, -0.1) is 0 Å². The first-order chi connectivity index (χ1) is 8.84. The molecule has 2 rings (SSSR count). The van der Waals surface area contributed by atoms with Gasteiger partial charge in [0, 0.05) is 23.1 Å². The van der Waals surface area contributed by atoms with Gasteiger partial charge in [-0.05, 0) is 25.0 Å². The van der Waals surface area contributed by atoms with Crippen molar-refractivity contribution in [1.29, 1.82) is 0 Å². The lowest BCUT2D eigenvalue weighted by molar-refractivity contribution is -0.115. The molecule has 1 N–H and O–H groups in total. The molecule has 0 heterocycles. The molecule has 3 heteroatoms. The van der Waals surface area contributed by atoms with Crippen LogP contribution in [-0.4, -0.2) is 16.9 Å². The number of carbonyl (C=O) groups excluding carboxylic acids is 1. The Morgan fingerprint density at radius 3 is 2.61 bits per heavy atom. The maximum atomic E-state index is 11.7. The number of nitrogens with one attached hydrogen (secondary N) is 1. The summed E-state index contributed by atoms with van der Waals surface area (Å²) in [6, 6.07) is 9.67. The van der Waals surface area contributed by atoms with Gasteiger partial charge in [0.25, 0.3) is 0 Å². The number of hydrogen-bond donors (Lipinski definition) is 1. The van der Waals surface area contributed by atoms with Crippen LogP contribution in [0.2, 0.25) is 0 Å². The van der Waals surface area contributed by atoms with Crippen LogP contribution in [0.5, 0.6) is 0 Å². The van der Waals surface area contributed by atoms with Crippen molar-refractivity contribution in [3.8, 4) is 0 Å². The molecule has 1 amide bonds. The fourth-order valence-corrected chi connectivity index (χ4v) is 3.60. The Bertz CT molecular complexity index is 360. The molecule has 0 atom stereocenters. The Hall–Kier alpha value is -0.960. The van der Waals surface area contributed by atoms with Crippen molar-refractivity contribution in [2.45, 2.75) is 43.8 Å². The largest absolute Gasteiger partial charge is 0.326 e. The van der Waals surface area contributed by atoms with E-state index in [0.717, 1.165) is 16.7 Å². The third kappa shape index (κ3) is 4.73. The lowest BCUT2D eigenvalue weighted by Gasteiger charge is -2.20. The molecule has 0 radical (unpaired) electrons. The molecule has 1 aromatic carbocycles. The normalized spacial score (nSPS) is 16.4. The van der Waals surface area contributed by atoms with Crippen molar-refractivity contribution in [3.05, 3.63) is 30.3 Å². The highest BCUT2D eigenvalue weighted by Crippen LogP contribution is 2.28. The van der Waals surface area contributed by atoms with E-state index in [0.29, 0.717) is 6.42 Å². The Morgan fingerprint density at radius 2 is 1.89 bits per heavy atom. The van der Waals surface area contributed by atoms with Gasteiger partial charge in [0.05, 0.1) is 0 Å². The number of hydrogen-bond acceptors (Lipinski definition) is 2. The van der Waals surface area contributed by atoms with Crippen molar-refractivity contribution in [3.63, 3.8) is 0 Å². The van der Waals surface area contributed by atoms with Crippen molar-refractivity contribution < 1.29 is 4.79 Å². The van der Waals surface area contributed by atoms with Crippen molar-refractivity contribution in [2.24, 2.45) is 0 Å². The zero-order chi connectivity index (χ0) is 12.6. The Kier molecular flexibility index (Phi) is 5.59. The molecule has 18 heavy (non-hydrogen) atoms. The zero-order valence-corrected chi connectivity index (χ0v) is 11.5. The van der Waals surface area contributed by atoms with Crippen molar-refractivity contribution in [2.75, 3.05) is 11.1 Å². The monoisotopic (exact) mass is 263 g/mol. The minimum Gasteiger partial charge on any atom is -0.326 e. The van der Waals surface area contributed by atoms with Crippen LogP contribution >= 0.6 is 11.8 Å². The molecular formula is C15H21NOS. The predicted octanol–water partition coefficient (Wildman–Crippen LogP) is 4.08. The van der Waals surface area contributed by atoms with Crippen LogP contribution in [0, 0.1) is 0 Å². The van der Waals surface area contributed by atoms with E-state index < -0.39 is 0 Å². The van der Waals surface area contributed by atoms with Crippen LogP contribution < -0.4 is 5.32 Å². The number of carbonyl (C=O) groups is 1. The smallest absolute Gasteiger partial charge is 0.225 e. The van der Waals surface area contributed by atoms with Gasteiger partial charge in [-0.2, -0.15) is 11.8 Å². The zero-order valence-electron chi connectivity index (χ0n) is 10.7. The summed E-state index contributed by atoms with van der Waals surface area (Å²) in [6.45, 7) is 0. The fraction of sp³-hybridized carbons (Fsp3) is 0.533. The number of para-hydroxylation sites is 1. The lowest BCUT2D eigenvalue weighted by Crippen LogP contribution is -2.14. The first kappa shape index (κ1) is 13.5. The Labute approximate surface area is 114 Å². The highest BCUT2D eigenvalue weighted by molar-refractivity contribution is 7.99. The summed E-state index contributed by atoms with van der Waals surface area (Å²) in [4.78, 5) is 11.7. The van der Waals surface area contributed by atoms with Crippen LogP contribution in [0.4, 0.5) is 5.69 Å². The van der Waals surface area contributed by atoms with E-state index in [1.165, 1.54) is 32.1 Å². The molecule has 0 spiro atoms. The van der Waals surface area contributed by atoms with Crippen LogP contribution in [0.1, 0.15) is 38.5 Å². The van der Waals surface area contributed by atoms with Gasteiger partial charge in [0.1, 0.15) is 0 Å². The van der Waals surface area contributed by atoms with E-state index >= 15 is 0 Å². The lowest BCUT2D eigenvalue weighted by atomic mass is 10.0. The first-order valence-corrected chi connectivity index (χ1v) is 7.86. The molecule has 0 aromatic heterocycles. The summed E-state index contributed by atoms with van der Waals surface area (Å²) in [5.74, 6) is 1.08. The number of benzene rings is 1. The molecular weight excluding hydrogens is 242 g/mol. The van der Waals surface area contributed by atoms with Crippen LogP contribution in [-0.2, 0) is 4.79 Å². The Balaban J connectivity index is 1.62. The van der Waals surface area contributed by atoms with Gasteiger partial charge in [-0.25, -0.2) is 0 Å². The van der Waals surface area contributed by atoms with E-state index in [1.807, 2.05) is 42.1 Å². The molecule has 98 valence electrons. The van der Waals surface area contributed by atoms with Crippen molar-refractivity contribution >= 4 is 23.4 Å². The third-order valence-electron chi connectivity index (χ3n) is 3.29. The van der Waals surface area contributed by atoms with Gasteiger partial charge in [0.2, 0.25) is 5.91 Å². The van der Waals surface area contributed by atoms with Crippen molar-refractivity contribution in [1.82, 2.24) is 0 Å². The molecule has 1 saturated carbocycles. The van der Waals surface area contributed by atoms with Gasteiger partial charge in [-0.1, -0.05) is 37.5 Å². The van der Waals surface area contributed by atoms with E-state index in [-0.39, 0.29) is 5.91 Å². The minimum atomic E-state index is 0.129. The first-order valence-electron chi connectivity index (χ1n) is 6.81. The summed E-state index contributed by atoms with van der Waals surface area (Å²) >= 11 is 1.98. The summed E-state index contributed by atoms with van der Waals surface area (Å²) in [5, 5.41) is 3.72. The summed E-state index contributed by atoms with van der Waals surface area (Å²) in [6.07, 6.45) is 7.43. The topological polar surface area (TPSA) is 29.1 Å². The van der Waals surface area contributed by atoms with Crippen LogP contribution in [0.25, 0.3) is 0 Å². The number of amides is 1. The molecule has 1 aromatic rings. The van der Waals surface area contributed by atoms with Gasteiger partial charge in [-0.3, -0.25) is 4.79 Å². The van der Waals surface area contributed by atoms with Gasteiger partial charge in [0.15, 0.2) is 0 Å². The standard InChI is InChI=1S/C15H21NOS/c17-15(16-13-7-3-1-4-8-13)11-12-18-14-9-5-2-6-10-14/h1,3-4,7-8,14H,2,5-6,9-12H2,(H,16,17). The maximum Gasteiger partial charge on any atom is 0.225 e. The average Bonchev–Trinajstić information content (AvgIpc) is 2.41. The second-order valence-electron chi connectivity index (χ2n) is 4.80.